The number of hydrogen-bond donors (Lipinski definition) is 0. The molecule has 4 nitrogen and oxygen atoms in total. The number of Topliss-reactive ketones (excluding diaryl/α,β-unsaturated/α-hetero) is 1. The van der Waals surface area contributed by atoms with Gasteiger partial charge < -0.3 is 4.90 Å². The smallest absolute Gasteiger partial charge is 0.177 e. The van der Waals surface area contributed by atoms with E-state index in [9.17, 15) is 13.2 Å². The first-order valence-electron chi connectivity index (χ1n) is 7.43. The Morgan fingerprint density at radius 1 is 1.38 bits per heavy atom. The number of benzene rings is 1. The van der Waals surface area contributed by atoms with Gasteiger partial charge in [-0.05, 0) is 43.9 Å². The van der Waals surface area contributed by atoms with E-state index in [0.29, 0.717) is 22.1 Å². The first-order valence-corrected chi connectivity index (χ1v) is 9.32. The van der Waals surface area contributed by atoms with Crippen LogP contribution in [0.15, 0.2) is 23.1 Å². The maximum atomic E-state index is 12.0. The third-order valence-electron chi connectivity index (χ3n) is 4.20. The Kier molecular flexibility index (Phi) is 4.71. The van der Waals surface area contributed by atoms with Gasteiger partial charge in [-0.3, -0.25) is 4.79 Å². The van der Waals surface area contributed by atoms with Gasteiger partial charge in [0.05, 0.1) is 10.6 Å². The second kappa shape index (κ2) is 6.18. The van der Waals surface area contributed by atoms with Crippen LogP contribution in [0.2, 0.25) is 0 Å². The van der Waals surface area contributed by atoms with Crippen LogP contribution in [0.3, 0.4) is 0 Å². The molecule has 0 N–H and O–H groups in total. The molecule has 1 aromatic carbocycles. The van der Waals surface area contributed by atoms with E-state index in [-0.39, 0.29) is 5.78 Å². The van der Waals surface area contributed by atoms with Crippen molar-refractivity contribution < 1.29 is 13.2 Å². The zero-order chi connectivity index (χ0) is 15.6. The maximum Gasteiger partial charge on any atom is 0.177 e. The maximum absolute atomic E-state index is 12.0. The van der Waals surface area contributed by atoms with E-state index in [1.807, 2.05) is 0 Å². The van der Waals surface area contributed by atoms with Crippen LogP contribution in [0.5, 0.6) is 0 Å². The Morgan fingerprint density at radius 2 is 2.10 bits per heavy atom. The Morgan fingerprint density at radius 3 is 2.67 bits per heavy atom. The van der Waals surface area contributed by atoms with Gasteiger partial charge in [0.1, 0.15) is 0 Å². The average molecular weight is 309 g/mol. The summed E-state index contributed by atoms with van der Waals surface area (Å²) in [5.74, 6) is 0.549. The normalized spacial score (nSPS) is 19.6. The van der Waals surface area contributed by atoms with Gasteiger partial charge in [-0.25, -0.2) is 8.42 Å². The fourth-order valence-corrected chi connectivity index (χ4v) is 3.80. The zero-order valence-electron chi connectivity index (χ0n) is 12.9. The number of sulfone groups is 1. The summed E-state index contributed by atoms with van der Waals surface area (Å²) in [7, 11) is -3.30. The Bertz CT molecular complexity index is 637. The van der Waals surface area contributed by atoms with Gasteiger partial charge in [0, 0.05) is 24.9 Å². The minimum Gasteiger partial charge on any atom is -0.370 e. The van der Waals surface area contributed by atoms with Crippen LogP contribution in [0.1, 0.15) is 43.5 Å². The number of hydrogen-bond acceptors (Lipinski definition) is 4. The number of ketones is 1. The van der Waals surface area contributed by atoms with Crippen LogP contribution in [-0.4, -0.2) is 33.5 Å². The predicted molar refractivity (Wildman–Crippen MR) is 84.8 cm³/mol. The SMILES string of the molecule is CCC1CCCN(c2cc(C(C)=O)ccc2S(C)(=O)=O)C1. The Hall–Kier alpha value is -1.36. The van der Waals surface area contributed by atoms with E-state index in [0.717, 1.165) is 25.9 Å². The van der Waals surface area contributed by atoms with Gasteiger partial charge in [-0.15, -0.1) is 0 Å². The van der Waals surface area contributed by atoms with Crippen LogP contribution in [0.4, 0.5) is 5.69 Å². The highest BCUT2D eigenvalue weighted by molar-refractivity contribution is 7.90. The minimum atomic E-state index is -3.30. The molecule has 0 spiro atoms. The first-order chi connectivity index (χ1) is 9.82. The lowest BCUT2D eigenvalue weighted by atomic mass is 9.95. The number of rotatable bonds is 4. The van der Waals surface area contributed by atoms with E-state index in [2.05, 4.69) is 11.8 Å². The van der Waals surface area contributed by atoms with E-state index in [4.69, 9.17) is 0 Å². The molecule has 0 saturated carbocycles. The summed E-state index contributed by atoms with van der Waals surface area (Å²) >= 11 is 0. The molecule has 2 rings (SSSR count). The van der Waals surface area contributed by atoms with Crippen molar-refractivity contribution in [2.45, 2.75) is 38.0 Å². The highest BCUT2D eigenvalue weighted by atomic mass is 32.2. The molecule has 21 heavy (non-hydrogen) atoms. The van der Waals surface area contributed by atoms with Crippen molar-refractivity contribution in [2.24, 2.45) is 5.92 Å². The van der Waals surface area contributed by atoms with Crippen LogP contribution in [0, 0.1) is 5.92 Å². The van der Waals surface area contributed by atoms with Gasteiger partial charge in [-0.2, -0.15) is 0 Å². The van der Waals surface area contributed by atoms with Gasteiger partial charge in [0.2, 0.25) is 0 Å². The van der Waals surface area contributed by atoms with E-state index in [1.165, 1.54) is 19.6 Å². The number of nitrogens with zero attached hydrogens (tertiary/aromatic N) is 1. The van der Waals surface area contributed by atoms with Crippen molar-refractivity contribution in [1.29, 1.82) is 0 Å². The Labute approximate surface area is 127 Å². The molecule has 1 heterocycles. The quantitative estimate of drug-likeness (QED) is 0.803. The van der Waals surface area contributed by atoms with Crippen molar-refractivity contribution in [3.05, 3.63) is 23.8 Å². The lowest BCUT2D eigenvalue weighted by molar-refractivity contribution is 0.101. The summed E-state index contributed by atoms with van der Waals surface area (Å²) in [6.45, 7) is 5.38. The second-order valence-corrected chi connectivity index (χ2v) is 7.86. The van der Waals surface area contributed by atoms with Crippen molar-refractivity contribution in [3.8, 4) is 0 Å². The van der Waals surface area contributed by atoms with Crippen LogP contribution in [0.25, 0.3) is 0 Å². The summed E-state index contributed by atoms with van der Waals surface area (Å²) < 4.78 is 24.0. The molecular weight excluding hydrogens is 286 g/mol. The number of piperidine rings is 1. The van der Waals surface area contributed by atoms with Crippen molar-refractivity contribution in [3.63, 3.8) is 0 Å². The summed E-state index contributed by atoms with van der Waals surface area (Å²) in [5.41, 5.74) is 1.25. The molecule has 1 aromatic rings. The summed E-state index contributed by atoms with van der Waals surface area (Å²) in [5, 5.41) is 0. The lowest BCUT2D eigenvalue weighted by Gasteiger charge is -2.35. The van der Waals surface area contributed by atoms with Crippen LogP contribution >= 0.6 is 0 Å². The van der Waals surface area contributed by atoms with E-state index in [1.54, 1.807) is 18.2 Å². The van der Waals surface area contributed by atoms with Gasteiger partial charge in [0.25, 0.3) is 0 Å². The summed E-state index contributed by atoms with van der Waals surface area (Å²) in [4.78, 5) is 14.0. The lowest BCUT2D eigenvalue weighted by Crippen LogP contribution is -2.36. The molecule has 1 aliphatic heterocycles. The van der Waals surface area contributed by atoms with Crippen LogP contribution in [-0.2, 0) is 9.84 Å². The molecule has 1 saturated heterocycles. The molecule has 0 amide bonds. The van der Waals surface area contributed by atoms with Crippen molar-refractivity contribution in [1.82, 2.24) is 0 Å². The highest BCUT2D eigenvalue weighted by Gasteiger charge is 2.24. The largest absolute Gasteiger partial charge is 0.370 e. The number of carbonyl (C=O) groups is 1. The van der Waals surface area contributed by atoms with Gasteiger partial charge in [-0.1, -0.05) is 13.3 Å². The molecule has 1 unspecified atom stereocenters. The third-order valence-corrected chi connectivity index (χ3v) is 5.35. The molecule has 116 valence electrons. The van der Waals surface area contributed by atoms with Gasteiger partial charge in [0.15, 0.2) is 15.6 Å². The van der Waals surface area contributed by atoms with Crippen LogP contribution < -0.4 is 4.90 Å². The Balaban J connectivity index is 2.48. The second-order valence-electron chi connectivity index (χ2n) is 5.87. The fraction of sp³-hybridized carbons (Fsp3) is 0.562. The summed E-state index contributed by atoms with van der Waals surface area (Å²) in [6, 6.07) is 4.90. The molecule has 1 aliphatic rings. The minimum absolute atomic E-state index is 0.0413. The van der Waals surface area contributed by atoms with Crippen molar-refractivity contribution >= 4 is 21.3 Å². The molecule has 1 atom stereocenters. The molecular formula is C16H23NO3S. The topological polar surface area (TPSA) is 54.5 Å². The molecule has 0 bridgehead atoms. The third kappa shape index (κ3) is 3.64. The average Bonchev–Trinajstić information content (AvgIpc) is 2.45. The number of carbonyl (C=O) groups excluding carboxylic acids is 1. The van der Waals surface area contributed by atoms with E-state index >= 15 is 0 Å². The monoisotopic (exact) mass is 309 g/mol. The predicted octanol–water partition coefficient (Wildman–Crippen LogP) is 2.92. The fourth-order valence-electron chi connectivity index (χ4n) is 2.91. The van der Waals surface area contributed by atoms with E-state index < -0.39 is 9.84 Å². The molecule has 1 fully saturated rings. The highest BCUT2D eigenvalue weighted by Crippen LogP contribution is 2.31. The molecule has 0 aliphatic carbocycles. The first kappa shape index (κ1) is 16.0. The standard InChI is InChI=1S/C16H23NO3S/c1-4-13-6-5-9-17(11-13)15-10-14(12(2)18)7-8-16(15)21(3,19)20/h7-8,10,13H,4-6,9,11H2,1-3H3. The molecule has 0 radical (unpaired) electrons. The number of anilines is 1. The summed E-state index contributed by atoms with van der Waals surface area (Å²) in [6.07, 6.45) is 4.57. The van der Waals surface area contributed by atoms with Crippen molar-refractivity contribution in [2.75, 3.05) is 24.2 Å². The van der Waals surface area contributed by atoms with Gasteiger partial charge >= 0.3 is 0 Å². The molecule has 0 aromatic heterocycles. The molecule has 5 heteroatoms. The zero-order valence-corrected chi connectivity index (χ0v) is 13.7.